The molecule has 3 unspecified atom stereocenters. The highest BCUT2D eigenvalue weighted by molar-refractivity contribution is 6.18. The first-order valence-electron chi connectivity index (χ1n) is 15.0. The maximum atomic E-state index is 13.8. The number of carbonyl (C=O) groups excluding carboxylic acids is 1. The molecule has 220 valence electrons. The molecule has 1 heterocycles. The molecule has 5 rings (SSSR count). The highest BCUT2D eigenvalue weighted by Gasteiger charge is 2.42. The molecule has 1 aliphatic heterocycles. The number of anilines is 1. The van der Waals surface area contributed by atoms with E-state index in [0.29, 0.717) is 29.9 Å². The van der Waals surface area contributed by atoms with Gasteiger partial charge in [-0.15, -0.1) is 0 Å². The number of hydrogen-bond acceptors (Lipinski definition) is 4. The van der Waals surface area contributed by atoms with Crippen molar-refractivity contribution in [1.29, 1.82) is 0 Å². The van der Waals surface area contributed by atoms with Crippen molar-refractivity contribution in [3.05, 3.63) is 138 Å². The zero-order valence-electron chi connectivity index (χ0n) is 24.8. The number of carboxylic acids is 1. The average Bonchev–Trinajstić information content (AvgIpc) is 3.50. The van der Waals surface area contributed by atoms with Gasteiger partial charge >= 0.3 is 5.97 Å². The summed E-state index contributed by atoms with van der Waals surface area (Å²) < 4.78 is 0. The number of aliphatic imine (C=N–C) groups is 1. The van der Waals surface area contributed by atoms with Gasteiger partial charge in [0.2, 0.25) is 5.91 Å². The third-order valence-electron chi connectivity index (χ3n) is 8.45. The number of para-hydroxylation sites is 1. The lowest BCUT2D eigenvalue weighted by molar-refractivity contribution is -0.143. The Kier molecular flexibility index (Phi) is 9.48. The van der Waals surface area contributed by atoms with Gasteiger partial charge < -0.3 is 10.4 Å². The molecule has 1 saturated heterocycles. The van der Waals surface area contributed by atoms with Gasteiger partial charge in [-0.3, -0.25) is 14.7 Å². The first-order valence-corrected chi connectivity index (χ1v) is 15.0. The number of carboxylic acid groups (broad SMARTS) is 1. The van der Waals surface area contributed by atoms with E-state index in [1.807, 2.05) is 110 Å². The Bertz CT molecular complexity index is 1560. The van der Waals surface area contributed by atoms with Crippen LogP contribution in [-0.4, -0.2) is 45.7 Å². The Morgan fingerprint density at radius 1 is 0.907 bits per heavy atom. The normalized spacial score (nSPS) is 17.6. The van der Waals surface area contributed by atoms with Crippen LogP contribution in [0.5, 0.6) is 0 Å². The van der Waals surface area contributed by atoms with Crippen molar-refractivity contribution in [1.82, 2.24) is 4.90 Å². The molecule has 0 aliphatic carbocycles. The fourth-order valence-electron chi connectivity index (χ4n) is 6.17. The van der Waals surface area contributed by atoms with E-state index in [0.717, 1.165) is 30.5 Å². The summed E-state index contributed by atoms with van der Waals surface area (Å²) in [5, 5.41) is 13.9. The fourth-order valence-corrected chi connectivity index (χ4v) is 6.17. The summed E-state index contributed by atoms with van der Waals surface area (Å²) in [4.78, 5) is 34.1. The lowest BCUT2D eigenvalue weighted by atomic mass is 9.78. The number of rotatable bonds is 11. The van der Waals surface area contributed by atoms with E-state index in [-0.39, 0.29) is 17.9 Å². The lowest BCUT2D eigenvalue weighted by Crippen LogP contribution is -2.41. The summed E-state index contributed by atoms with van der Waals surface area (Å²) in [6, 6.07) is 36.8. The highest BCUT2D eigenvalue weighted by atomic mass is 16.4. The van der Waals surface area contributed by atoms with Crippen molar-refractivity contribution in [2.24, 2.45) is 4.99 Å². The van der Waals surface area contributed by atoms with E-state index >= 15 is 0 Å². The fraction of sp³-hybridized carbons (Fsp3) is 0.270. The molecule has 0 radical (unpaired) electrons. The number of carbonyl (C=O) groups is 2. The standard InChI is InChI=1S/C37H39N3O3/c1-3-31(28-18-9-5-10-19-28)37(2,36(42)43)39-34(29-20-11-6-12-21-29)30-22-13-14-23-32(30)38-35(41)33-24-15-25-40(33)26-27-16-7-4-8-17-27/h4-14,16-23,31,33H,3,15,24-26H2,1-2H3,(H,38,41)(H,42,43). The molecule has 1 amide bonds. The van der Waals surface area contributed by atoms with Crippen LogP contribution in [-0.2, 0) is 16.1 Å². The summed E-state index contributed by atoms with van der Waals surface area (Å²) in [5.74, 6) is -1.43. The van der Waals surface area contributed by atoms with Gasteiger partial charge in [0.1, 0.15) is 0 Å². The average molecular weight is 574 g/mol. The predicted octanol–water partition coefficient (Wildman–Crippen LogP) is 7.16. The minimum atomic E-state index is -1.46. The van der Waals surface area contributed by atoms with Crippen molar-refractivity contribution < 1.29 is 14.7 Å². The largest absolute Gasteiger partial charge is 0.479 e. The monoisotopic (exact) mass is 573 g/mol. The molecule has 1 aliphatic rings. The second-order valence-electron chi connectivity index (χ2n) is 11.3. The molecular formula is C37H39N3O3. The zero-order chi connectivity index (χ0) is 30.2. The molecule has 0 bridgehead atoms. The van der Waals surface area contributed by atoms with Crippen LogP contribution in [0, 0.1) is 0 Å². The summed E-state index contributed by atoms with van der Waals surface area (Å²) in [6.45, 7) is 5.26. The van der Waals surface area contributed by atoms with Crippen LogP contribution in [0.2, 0.25) is 0 Å². The van der Waals surface area contributed by atoms with Crippen LogP contribution >= 0.6 is 0 Å². The lowest BCUT2D eigenvalue weighted by Gasteiger charge is -2.32. The molecule has 43 heavy (non-hydrogen) atoms. The number of likely N-dealkylation sites (tertiary alicyclic amines) is 1. The SMILES string of the molecule is CCC(c1ccccc1)C(C)(N=C(c1ccccc1)c1ccccc1NC(=O)C1CCCN1Cc1ccccc1)C(=O)O. The Balaban J connectivity index is 1.53. The van der Waals surface area contributed by atoms with Gasteiger partial charge in [0.05, 0.1) is 17.4 Å². The highest BCUT2D eigenvalue weighted by Crippen LogP contribution is 2.37. The van der Waals surface area contributed by atoms with Gasteiger partial charge in [-0.05, 0) is 49.9 Å². The van der Waals surface area contributed by atoms with Gasteiger partial charge in [0.25, 0.3) is 0 Å². The zero-order valence-corrected chi connectivity index (χ0v) is 24.8. The third-order valence-corrected chi connectivity index (χ3v) is 8.45. The van der Waals surface area contributed by atoms with Crippen molar-refractivity contribution in [3.8, 4) is 0 Å². The number of amides is 1. The van der Waals surface area contributed by atoms with E-state index in [1.54, 1.807) is 6.92 Å². The van der Waals surface area contributed by atoms with Crippen molar-refractivity contribution in [2.45, 2.75) is 57.2 Å². The summed E-state index contributed by atoms with van der Waals surface area (Å²) in [5.41, 5.74) is 3.25. The number of nitrogens with zero attached hydrogens (tertiary/aromatic N) is 2. The molecule has 1 fully saturated rings. The Morgan fingerprint density at radius 3 is 2.16 bits per heavy atom. The van der Waals surface area contributed by atoms with Crippen LogP contribution in [0.25, 0.3) is 0 Å². The van der Waals surface area contributed by atoms with E-state index < -0.39 is 11.5 Å². The molecule has 0 aromatic heterocycles. The van der Waals surface area contributed by atoms with Crippen molar-refractivity contribution in [3.63, 3.8) is 0 Å². The molecule has 6 nitrogen and oxygen atoms in total. The second-order valence-corrected chi connectivity index (χ2v) is 11.3. The summed E-state index contributed by atoms with van der Waals surface area (Å²) >= 11 is 0. The van der Waals surface area contributed by atoms with Gasteiger partial charge in [-0.1, -0.05) is 116 Å². The summed E-state index contributed by atoms with van der Waals surface area (Å²) in [7, 11) is 0. The van der Waals surface area contributed by atoms with Crippen LogP contribution in [0.1, 0.15) is 61.3 Å². The third kappa shape index (κ3) is 6.76. The number of benzene rings is 4. The first kappa shape index (κ1) is 29.9. The van der Waals surface area contributed by atoms with E-state index in [9.17, 15) is 14.7 Å². The van der Waals surface area contributed by atoms with E-state index in [4.69, 9.17) is 4.99 Å². The Hall–Kier alpha value is -4.55. The quantitative estimate of drug-likeness (QED) is 0.187. The molecule has 0 spiro atoms. The Morgan fingerprint density at radius 2 is 1.51 bits per heavy atom. The van der Waals surface area contributed by atoms with Crippen LogP contribution in [0.4, 0.5) is 5.69 Å². The van der Waals surface area contributed by atoms with Crippen LogP contribution in [0.15, 0.2) is 120 Å². The van der Waals surface area contributed by atoms with Crippen LogP contribution < -0.4 is 5.32 Å². The van der Waals surface area contributed by atoms with Crippen LogP contribution in [0.3, 0.4) is 0 Å². The molecular weight excluding hydrogens is 534 g/mol. The smallest absolute Gasteiger partial charge is 0.331 e. The van der Waals surface area contributed by atoms with Crippen molar-refractivity contribution in [2.75, 3.05) is 11.9 Å². The first-order chi connectivity index (χ1) is 20.9. The molecule has 0 saturated carbocycles. The minimum absolute atomic E-state index is 0.0648. The molecule has 2 N–H and O–H groups in total. The molecule has 4 aromatic rings. The van der Waals surface area contributed by atoms with Gasteiger partial charge in [0, 0.05) is 23.6 Å². The van der Waals surface area contributed by atoms with Gasteiger partial charge in [0.15, 0.2) is 5.54 Å². The predicted molar refractivity (Wildman–Crippen MR) is 173 cm³/mol. The molecule has 6 heteroatoms. The molecule has 3 atom stereocenters. The minimum Gasteiger partial charge on any atom is -0.479 e. The van der Waals surface area contributed by atoms with Gasteiger partial charge in [-0.25, -0.2) is 4.79 Å². The second kappa shape index (κ2) is 13.6. The number of hydrogen-bond donors (Lipinski definition) is 2. The van der Waals surface area contributed by atoms with Crippen molar-refractivity contribution >= 4 is 23.3 Å². The summed E-state index contributed by atoms with van der Waals surface area (Å²) in [6.07, 6.45) is 2.33. The topological polar surface area (TPSA) is 82.0 Å². The van der Waals surface area contributed by atoms with Gasteiger partial charge in [-0.2, -0.15) is 0 Å². The number of aliphatic carboxylic acids is 1. The van der Waals surface area contributed by atoms with E-state index in [2.05, 4.69) is 22.3 Å². The number of nitrogens with one attached hydrogen (secondary N) is 1. The maximum absolute atomic E-state index is 13.8. The maximum Gasteiger partial charge on any atom is 0.331 e. The van der Waals surface area contributed by atoms with E-state index in [1.165, 1.54) is 5.56 Å². The molecule has 4 aromatic carbocycles. The Labute approximate surface area is 254 Å².